The quantitative estimate of drug-likeness (QED) is 0.507. The normalized spacial score (nSPS) is 10.7. The third kappa shape index (κ3) is 4.56. The van der Waals surface area contributed by atoms with Gasteiger partial charge in [0.05, 0.1) is 24.0 Å². The van der Waals surface area contributed by atoms with Gasteiger partial charge in [0.1, 0.15) is 0 Å². The van der Waals surface area contributed by atoms with Crippen LogP contribution in [0.5, 0.6) is 0 Å². The van der Waals surface area contributed by atoms with Crippen LogP contribution in [0.4, 0.5) is 0 Å². The van der Waals surface area contributed by atoms with Crippen molar-refractivity contribution in [2.75, 3.05) is 0 Å². The summed E-state index contributed by atoms with van der Waals surface area (Å²) in [5.41, 5.74) is 2.16. The van der Waals surface area contributed by atoms with Crippen LogP contribution in [0, 0.1) is 0 Å². The zero-order valence-electron chi connectivity index (χ0n) is 10.0. The second kappa shape index (κ2) is 8.13. The summed E-state index contributed by atoms with van der Waals surface area (Å²) >= 11 is 9.50. The smallest absolute Gasteiger partial charge is 0.0992 e. The van der Waals surface area contributed by atoms with Crippen LogP contribution in [-0.2, 0) is 8.29 Å². The number of nitrogens with zero attached hydrogens (tertiary/aromatic N) is 4. The second-order valence-corrected chi connectivity index (χ2v) is 19.3. The Bertz CT molecular complexity index is 570. The molecule has 0 N–H and O–H groups in total. The molecule has 0 amide bonds. The van der Waals surface area contributed by atoms with E-state index in [9.17, 15) is 0 Å². The summed E-state index contributed by atoms with van der Waals surface area (Å²) < 4.78 is 3.96. The number of para-hydroxylation sites is 2. The number of halogens is 3. The standard InChI is InChI=1S/C12H10N4.3BrH.Co/c1-2-4-12(16-8-6-14-10-16)11(3-1)15-7-5-13-9-15;;;;/h1-10H;3*1H;/q;;;;+3/p-3. The summed E-state index contributed by atoms with van der Waals surface area (Å²) in [4.78, 5) is 8.12. The summed E-state index contributed by atoms with van der Waals surface area (Å²) in [5.74, 6) is 0. The van der Waals surface area contributed by atoms with E-state index in [1.807, 2.05) is 33.7 Å². The zero-order chi connectivity index (χ0) is 14.4. The molecule has 0 radical (unpaired) electrons. The topological polar surface area (TPSA) is 35.6 Å². The summed E-state index contributed by atoms with van der Waals surface area (Å²) in [6, 6.07) is 8.12. The Hall–Kier alpha value is -0.414. The van der Waals surface area contributed by atoms with Crippen LogP contribution in [0.3, 0.4) is 0 Å². The fraction of sp³-hybridized carbons (Fsp3) is 0. The van der Waals surface area contributed by atoms with Gasteiger partial charge in [-0.2, -0.15) is 0 Å². The van der Waals surface area contributed by atoms with Crippen molar-refractivity contribution in [3.63, 3.8) is 0 Å². The number of hydrogen-bond donors (Lipinski definition) is 0. The van der Waals surface area contributed by atoms with Gasteiger partial charge in [-0.3, -0.25) is 0 Å². The van der Waals surface area contributed by atoms with Crippen LogP contribution in [0.25, 0.3) is 11.4 Å². The van der Waals surface area contributed by atoms with Crippen molar-refractivity contribution in [2.45, 2.75) is 0 Å². The third-order valence-electron chi connectivity index (χ3n) is 2.45. The van der Waals surface area contributed by atoms with Crippen LogP contribution < -0.4 is 0 Å². The minimum Gasteiger partial charge on any atom is -0.304 e. The van der Waals surface area contributed by atoms with Gasteiger partial charge in [-0.05, 0) is 12.1 Å². The molecule has 2 heterocycles. The van der Waals surface area contributed by atoms with Crippen molar-refractivity contribution in [3.05, 3.63) is 61.7 Å². The first kappa shape index (κ1) is 16.0. The van der Waals surface area contributed by atoms with Gasteiger partial charge in [-0.25, -0.2) is 9.97 Å². The molecule has 20 heavy (non-hydrogen) atoms. The van der Waals surface area contributed by atoms with E-state index in [4.69, 9.17) is 0 Å². The van der Waals surface area contributed by atoms with Gasteiger partial charge in [0.2, 0.25) is 0 Å². The van der Waals surface area contributed by atoms with Crippen molar-refractivity contribution in [3.8, 4) is 11.4 Å². The molecule has 0 aliphatic heterocycles. The minimum atomic E-state index is -0.167. The number of hydrogen-bond acceptors (Lipinski definition) is 2. The second-order valence-electron chi connectivity index (χ2n) is 3.57. The van der Waals surface area contributed by atoms with Crippen LogP contribution in [0.1, 0.15) is 0 Å². The first-order valence-corrected chi connectivity index (χ1v) is 13.1. The molecule has 0 atom stereocenters. The predicted molar refractivity (Wildman–Crippen MR) is 87.5 cm³/mol. The number of benzene rings is 1. The molecule has 0 fully saturated rings. The maximum atomic E-state index is 4.06. The largest absolute Gasteiger partial charge is 0.304 e. The number of imidazole rings is 2. The van der Waals surface area contributed by atoms with Gasteiger partial charge >= 0.3 is 50.8 Å². The Kier molecular flexibility index (Phi) is 6.49. The van der Waals surface area contributed by atoms with E-state index in [1.165, 1.54) is 0 Å². The van der Waals surface area contributed by atoms with E-state index in [-0.39, 0.29) is 8.29 Å². The van der Waals surface area contributed by atoms with E-state index in [0.29, 0.717) is 0 Å². The Morgan fingerprint density at radius 1 is 0.800 bits per heavy atom. The molecule has 0 aliphatic rings. The predicted octanol–water partition coefficient (Wildman–Crippen LogP) is 4.59. The molecular weight excluding hydrogens is 499 g/mol. The van der Waals surface area contributed by atoms with Crippen molar-refractivity contribution in [2.24, 2.45) is 0 Å². The SMILES string of the molecule is [Br][Co]([Br])[Br].c1ccc(-n2ccnc2)c(-n2ccnc2)c1. The molecule has 108 valence electrons. The van der Waals surface area contributed by atoms with Crippen LogP contribution in [0.2, 0.25) is 0 Å². The van der Waals surface area contributed by atoms with E-state index < -0.39 is 0 Å². The molecule has 1 aromatic carbocycles. The third-order valence-corrected chi connectivity index (χ3v) is 2.45. The van der Waals surface area contributed by atoms with Gasteiger partial charge in [-0.15, -0.1) is 0 Å². The number of rotatable bonds is 2. The van der Waals surface area contributed by atoms with Gasteiger partial charge in [0.25, 0.3) is 0 Å². The maximum Gasteiger partial charge on any atom is 0.0992 e. The minimum absolute atomic E-state index is 0.167. The zero-order valence-corrected chi connectivity index (χ0v) is 15.8. The average Bonchev–Trinajstić information content (AvgIpc) is 3.12. The van der Waals surface area contributed by atoms with Gasteiger partial charge < -0.3 is 9.13 Å². The van der Waals surface area contributed by atoms with Crippen LogP contribution in [0.15, 0.2) is 61.7 Å². The summed E-state index contributed by atoms with van der Waals surface area (Å²) in [6.07, 6.45) is 11.0. The summed E-state index contributed by atoms with van der Waals surface area (Å²) in [6.45, 7) is 0. The maximum absolute atomic E-state index is 4.06. The van der Waals surface area contributed by atoms with Gasteiger partial charge in [-0.1, -0.05) is 12.1 Å². The molecule has 2 aromatic heterocycles. The first-order valence-electron chi connectivity index (χ1n) is 5.38. The molecule has 3 rings (SSSR count). The average molecular weight is 509 g/mol. The van der Waals surface area contributed by atoms with E-state index in [1.54, 1.807) is 25.0 Å². The molecular formula is C12H10Br3CoN4. The molecule has 0 saturated heterocycles. The van der Waals surface area contributed by atoms with Crippen molar-refractivity contribution in [1.82, 2.24) is 19.1 Å². The Morgan fingerprint density at radius 3 is 1.50 bits per heavy atom. The molecule has 0 aliphatic carbocycles. The van der Waals surface area contributed by atoms with Crippen LogP contribution in [-0.4, -0.2) is 19.1 Å². The van der Waals surface area contributed by atoms with E-state index in [2.05, 4.69) is 64.6 Å². The molecule has 4 nitrogen and oxygen atoms in total. The Balaban J connectivity index is 0.000000328. The number of aromatic nitrogens is 4. The fourth-order valence-electron chi connectivity index (χ4n) is 1.70. The summed E-state index contributed by atoms with van der Waals surface area (Å²) in [5, 5.41) is 0. The molecule has 3 aromatic rings. The summed E-state index contributed by atoms with van der Waals surface area (Å²) in [7, 11) is -0.167. The molecule has 8 heteroatoms. The first-order chi connectivity index (χ1) is 9.68. The molecule has 0 unspecified atom stereocenters. The van der Waals surface area contributed by atoms with Crippen molar-refractivity contribution < 1.29 is 8.29 Å². The Labute approximate surface area is 142 Å². The van der Waals surface area contributed by atoms with Crippen LogP contribution >= 0.6 is 42.5 Å². The fourth-order valence-corrected chi connectivity index (χ4v) is 1.70. The van der Waals surface area contributed by atoms with Crippen molar-refractivity contribution in [1.29, 1.82) is 0 Å². The van der Waals surface area contributed by atoms with Gasteiger partial charge in [0.15, 0.2) is 0 Å². The van der Waals surface area contributed by atoms with Crippen molar-refractivity contribution >= 4 is 42.5 Å². The van der Waals surface area contributed by atoms with Gasteiger partial charge in [0, 0.05) is 24.8 Å². The monoisotopic (exact) mass is 506 g/mol. The van der Waals surface area contributed by atoms with E-state index >= 15 is 0 Å². The molecule has 0 bridgehead atoms. The molecule has 0 spiro atoms. The molecule has 0 saturated carbocycles. The van der Waals surface area contributed by atoms with E-state index in [0.717, 1.165) is 11.4 Å². The Morgan fingerprint density at radius 2 is 1.20 bits per heavy atom.